The summed E-state index contributed by atoms with van der Waals surface area (Å²) in [6.07, 6.45) is -15.7. The molecule has 0 spiro atoms. The van der Waals surface area contributed by atoms with Crippen molar-refractivity contribution in [1.82, 2.24) is 5.32 Å². The van der Waals surface area contributed by atoms with E-state index in [1.807, 2.05) is 0 Å². The van der Waals surface area contributed by atoms with Crippen LogP contribution in [-0.2, 0) is 9.47 Å². The summed E-state index contributed by atoms with van der Waals surface area (Å²) in [5.41, 5.74) is 0.0590. The Bertz CT molecular complexity index is 693. The van der Waals surface area contributed by atoms with E-state index >= 15 is 0 Å². The molecular weight excluding hydrogens is 462 g/mol. The minimum absolute atomic E-state index is 0.0129. The zero-order chi connectivity index (χ0) is 25.3. The fraction of sp³-hybridized carbons (Fsp3) is 0.900. The van der Waals surface area contributed by atoms with Gasteiger partial charge in [-0.05, 0) is 12.0 Å². The smallest absolute Gasteiger partial charge is 0.187 e. The van der Waals surface area contributed by atoms with Crippen LogP contribution in [0.25, 0.3) is 0 Å². The number of rotatable bonds is 7. The van der Waals surface area contributed by atoms with Gasteiger partial charge in [0.05, 0.1) is 31.5 Å². The van der Waals surface area contributed by atoms with E-state index in [2.05, 4.69) is 5.32 Å². The fourth-order valence-electron chi connectivity index (χ4n) is 4.77. The molecule has 2 fully saturated rings. The quantitative estimate of drug-likeness (QED) is 0.146. The Hall–Kier alpha value is -0.820. The van der Waals surface area contributed by atoms with Gasteiger partial charge in [0.1, 0.15) is 48.8 Å². The van der Waals surface area contributed by atoms with Gasteiger partial charge in [0, 0.05) is 18.6 Å². The molecule has 1 heterocycles. The Morgan fingerprint density at radius 3 is 2.06 bits per heavy atom. The Kier molecular flexibility index (Phi) is 9.38. The topological polar surface area (TPSA) is 253 Å². The summed E-state index contributed by atoms with van der Waals surface area (Å²) >= 11 is 0. The van der Waals surface area contributed by atoms with Crippen molar-refractivity contribution in [3.63, 3.8) is 0 Å². The maximum atomic E-state index is 10.7. The highest BCUT2D eigenvalue weighted by atomic mass is 16.7. The third kappa shape index (κ3) is 5.30. The van der Waals surface area contributed by atoms with E-state index in [0.29, 0.717) is 0 Å². The number of hydrogen-bond acceptors (Lipinski definition) is 14. The Balaban J connectivity index is 1.73. The summed E-state index contributed by atoms with van der Waals surface area (Å²) in [5.74, 6) is -0.833. The van der Waals surface area contributed by atoms with Crippen molar-refractivity contribution in [3.8, 4) is 0 Å². The summed E-state index contributed by atoms with van der Waals surface area (Å²) in [4.78, 5) is 0. The van der Waals surface area contributed by atoms with Gasteiger partial charge in [-0.3, -0.25) is 0 Å². The molecule has 3 unspecified atom stereocenters. The first kappa shape index (κ1) is 27.8. The summed E-state index contributed by atoms with van der Waals surface area (Å²) in [7, 11) is 0. The van der Waals surface area contributed by atoms with E-state index < -0.39 is 105 Å². The molecule has 0 amide bonds. The molecule has 12 N–H and O–H groups in total. The molecule has 2 aliphatic carbocycles. The highest BCUT2D eigenvalue weighted by molar-refractivity contribution is 5.22. The van der Waals surface area contributed by atoms with Gasteiger partial charge >= 0.3 is 0 Å². The normalized spacial score (nSPS) is 50.1. The zero-order valence-corrected chi connectivity index (χ0v) is 18.2. The van der Waals surface area contributed by atoms with Crippen molar-refractivity contribution >= 4 is 0 Å². The first-order valence-corrected chi connectivity index (χ1v) is 11.1. The average Bonchev–Trinajstić information content (AvgIpc) is 2.83. The molecule has 14 atom stereocenters. The molecule has 34 heavy (non-hydrogen) atoms. The molecule has 1 saturated carbocycles. The Morgan fingerprint density at radius 1 is 0.794 bits per heavy atom. The summed E-state index contributed by atoms with van der Waals surface area (Å²) < 4.78 is 10.9. The first-order chi connectivity index (χ1) is 16.0. The van der Waals surface area contributed by atoms with Crippen LogP contribution in [0.5, 0.6) is 0 Å². The van der Waals surface area contributed by atoms with Gasteiger partial charge in [-0.15, -0.1) is 0 Å². The number of nitrogens with one attached hydrogen (secondary N) is 1. The van der Waals surface area contributed by atoms with E-state index in [0.717, 1.165) is 0 Å². The van der Waals surface area contributed by atoms with Gasteiger partial charge in [-0.1, -0.05) is 6.08 Å². The van der Waals surface area contributed by atoms with E-state index in [-0.39, 0.29) is 12.0 Å². The highest BCUT2D eigenvalue weighted by Crippen LogP contribution is 2.33. The predicted octanol–water partition coefficient (Wildman–Crippen LogP) is -6.75. The van der Waals surface area contributed by atoms with Crippen LogP contribution in [0.1, 0.15) is 6.42 Å². The highest BCUT2D eigenvalue weighted by Gasteiger charge is 2.50. The molecule has 14 heteroatoms. The van der Waals surface area contributed by atoms with Crippen LogP contribution in [0.4, 0.5) is 0 Å². The van der Waals surface area contributed by atoms with Crippen LogP contribution in [0, 0.1) is 5.92 Å². The van der Waals surface area contributed by atoms with Crippen molar-refractivity contribution in [2.75, 3.05) is 19.8 Å². The lowest BCUT2D eigenvalue weighted by molar-refractivity contribution is -0.328. The lowest BCUT2D eigenvalue weighted by Gasteiger charge is -2.47. The maximum Gasteiger partial charge on any atom is 0.187 e. The maximum absolute atomic E-state index is 10.7. The van der Waals surface area contributed by atoms with Gasteiger partial charge in [0.15, 0.2) is 6.29 Å². The molecule has 0 aromatic rings. The molecule has 198 valence electrons. The van der Waals surface area contributed by atoms with E-state index in [4.69, 9.17) is 9.47 Å². The van der Waals surface area contributed by atoms with Crippen LogP contribution < -0.4 is 5.32 Å². The fourth-order valence-corrected chi connectivity index (χ4v) is 4.77. The predicted molar refractivity (Wildman–Crippen MR) is 110 cm³/mol. The van der Waals surface area contributed by atoms with Crippen LogP contribution in [0.2, 0.25) is 0 Å². The lowest BCUT2D eigenvalue weighted by Crippen LogP contribution is -2.66. The molecular formula is C20H35NO13. The molecule has 3 aliphatic rings. The molecule has 0 aromatic carbocycles. The lowest BCUT2D eigenvalue weighted by atomic mass is 9.78. The second kappa shape index (κ2) is 11.5. The van der Waals surface area contributed by atoms with E-state index in [1.54, 1.807) is 0 Å². The van der Waals surface area contributed by atoms with Gasteiger partial charge < -0.3 is 71.0 Å². The third-order valence-electron chi connectivity index (χ3n) is 6.90. The van der Waals surface area contributed by atoms with E-state index in [1.165, 1.54) is 6.08 Å². The standard InChI is InChI=1S/C20H35NO13/c22-3-6-1-8(12(26)15(29)11(6)25)21-9-2-7(4-23)19(17(31)13(9)27)34-20-18(32)16(30)14(28)10(5-24)33-20/h1,7-32H,2-5H2/t7?,8-,9-,10?,11+,12-,13+,14-,15-,16+,17+,18?,19+,20-/m0/s1. The molecule has 1 aliphatic heterocycles. The molecule has 0 aromatic heterocycles. The SMILES string of the molecule is OCC1=C[C@H](N[C@H]2CC(CO)[C@@H](O[C@@H]3OC(CO)[C@H](O)[C@@H](O)C3O)[C@H](O)[C@@H]2O)[C@H](O)[C@@H](O)[C@@H]1O. The van der Waals surface area contributed by atoms with Crippen LogP contribution in [0.3, 0.4) is 0 Å². The minimum Gasteiger partial charge on any atom is -0.396 e. The summed E-state index contributed by atoms with van der Waals surface area (Å²) in [5, 5.41) is 113. The first-order valence-electron chi connectivity index (χ1n) is 11.1. The number of ether oxygens (including phenoxy) is 2. The van der Waals surface area contributed by atoms with Gasteiger partial charge in [0.25, 0.3) is 0 Å². The van der Waals surface area contributed by atoms with Crippen LogP contribution in [-0.4, -0.2) is 155 Å². The molecule has 14 nitrogen and oxygen atoms in total. The Labute approximate surface area is 194 Å². The van der Waals surface area contributed by atoms with Crippen LogP contribution in [0.15, 0.2) is 11.6 Å². The van der Waals surface area contributed by atoms with Crippen molar-refractivity contribution < 1.29 is 65.6 Å². The molecule has 0 bridgehead atoms. The van der Waals surface area contributed by atoms with Crippen molar-refractivity contribution in [3.05, 3.63) is 11.6 Å². The van der Waals surface area contributed by atoms with Crippen molar-refractivity contribution in [1.29, 1.82) is 0 Å². The third-order valence-corrected chi connectivity index (χ3v) is 6.90. The van der Waals surface area contributed by atoms with Crippen LogP contribution >= 0.6 is 0 Å². The largest absolute Gasteiger partial charge is 0.396 e. The second-order valence-electron chi connectivity index (χ2n) is 9.08. The van der Waals surface area contributed by atoms with Gasteiger partial charge in [-0.25, -0.2) is 0 Å². The molecule has 0 radical (unpaired) electrons. The van der Waals surface area contributed by atoms with Gasteiger partial charge in [0.2, 0.25) is 0 Å². The number of hydrogen-bond donors (Lipinski definition) is 12. The minimum atomic E-state index is -1.75. The zero-order valence-electron chi connectivity index (χ0n) is 18.2. The molecule has 1 saturated heterocycles. The summed E-state index contributed by atoms with van der Waals surface area (Å²) in [6.45, 7) is -1.80. The van der Waals surface area contributed by atoms with E-state index in [9.17, 15) is 56.2 Å². The second-order valence-corrected chi connectivity index (χ2v) is 9.08. The monoisotopic (exact) mass is 497 g/mol. The average molecular weight is 497 g/mol. The van der Waals surface area contributed by atoms with Crippen molar-refractivity contribution in [2.45, 2.75) is 85.8 Å². The number of aliphatic hydroxyl groups excluding tert-OH is 11. The number of aliphatic hydroxyl groups is 11. The summed E-state index contributed by atoms with van der Waals surface area (Å²) in [6, 6.07) is -1.94. The molecule has 3 rings (SSSR count). The van der Waals surface area contributed by atoms with Gasteiger partial charge in [-0.2, -0.15) is 0 Å². The Morgan fingerprint density at radius 2 is 1.47 bits per heavy atom. The van der Waals surface area contributed by atoms with Crippen molar-refractivity contribution in [2.24, 2.45) is 5.92 Å².